The van der Waals surface area contributed by atoms with E-state index in [4.69, 9.17) is 15.2 Å². The third-order valence-electron chi connectivity index (χ3n) is 2.99. The number of ether oxygens (including phenoxy) is 2. The highest BCUT2D eigenvalue weighted by Crippen LogP contribution is 2.26. The number of fused-ring (bicyclic) bond motifs is 1. The smallest absolute Gasteiger partial charge is 0.263 e. The van der Waals surface area contributed by atoms with Crippen LogP contribution in [0.25, 0.3) is 11.0 Å². The van der Waals surface area contributed by atoms with Crippen LogP contribution in [0.1, 0.15) is 5.56 Å². The van der Waals surface area contributed by atoms with E-state index in [0.717, 1.165) is 16.6 Å². The van der Waals surface area contributed by atoms with Gasteiger partial charge in [-0.1, -0.05) is 24.3 Å². The fourth-order valence-corrected chi connectivity index (χ4v) is 2.05. The lowest BCUT2D eigenvalue weighted by molar-refractivity contribution is 0.184. The number of aromatic nitrogens is 2. The first kappa shape index (κ1) is 13.3. The van der Waals surface area contributed by atoms with Gasteiger partial charge in [-0.25, -0.2) is 9.97 Å². The zero-order valence-corrected chi connectivity index (χ0v) is 11.6. The Balaban J connectivity index is 1.94. The van der Waals surface area contributed by atoms with Crippen LogP contribution < -0.4 is 10.5 Å². The topological polar surface area (TPSA) is 70.3 Å². The molecule has 2 N–H and O–H groups in total. The average Bonchev–Trinajstić information content (AvgIpc) is 2.49. The summed E-state index contributed by atoms with van der Waals surface area (Å²) in [4.78, 5) is 8.70. The van der Waals surface area contributed by atoms with Crippen LogP contribution >= 0.6 is 0 Å². The van der Waals surface area contributed by atoms with Gasteiger partial charge >= 0.3 is 0 Å². The Bertz CT molecular complexity index is 774. The minimum atomic E-state index is 0.269. The SMILES string of the molecule is COCc1cccc(Oc2nc3ccccc3nc2N)c1. The van der Waals surface area contributed by atoms with E-state index in [1.807, 2.05) is 48.5 Å². The van der Waals surface area contributed by atoms with Gasteiger partial charge in [-0.05, 0) is 29.8 Å². The van der Waals surface area contributed by atoms with Gasteiger partial charge in [0.2, 0.25) is 0 Å². The Morgan fingerprint density at radius 1 is 1.00 bits per heavy atom. The first-order chi connectivity index (χ1) is 10.3. The van der Waals surface area contributed by atoms with Crippen molar-refractivity contribution in [1.82, 2.24) is 9.97 Å². The Morgan fingerprint density at radius 2 is 1.76 bits per heavy atom. The summed E-state index contributed by atoms with van der Waals surface area (Å²) in [6.45, 7) is 0.524. The third kappa shape index (κ3) is 2.93. The van der Waals surface area contributed by atoms with Crippen molar-refractivity contribution in [2.75, 3.05) is 12.8 Å². The number of rotatable bonds is 4. The summed E-state index contributed by atoms with van der Waals surface area (Å²) in [5, 5.41) is 0. The van der Waals surface area contributed by atoms with E-state index in [1.54, 1.807) is 7.11 Å². The van der Waals surface area contributed by atoms with Crippen molar-refractivity contribution in [3.63, 3.8) is 0 Å². The molecule has 1 heterocycles. The Hall–Kier alpha value is -2.66. The number of anilines is 1. The molecule has 106 valence electrons. The molecule has 0 aliphatic heterocycles. The van der Waals surface area contributed by atoms with Crippen LogP contribution in [0, 0.1) is 0 Å². The van der Waals surface area contributed by atoms with Crippen molar-refractivity contribution in [1.29, 1.82) is 0 Å². The summed E-state index contributed by atoms with van der Waals surface area (Å²) in [6.07, 6.45) is 0. The van der Waals surface area contributed by atoms with Crippen molar-refractivity contribution in [2.45, 2.75) is 6.61 Å². The van der Waals surface area contributed by atoms with E-state index in [9.17, 15) is 0 Å². The van der Waals surface area contributed by atoms with Crippen molar-refractivity contribution < 1.29 is 9.47 Å². The summed E-state index contributed by atoms with van der Waals surface area (Å²) in [7, 11) is 1.65. The standard InChI is InChI=1S/C16H15N3O2/c1-20-10-11-5-4-6-12(9-11)21-16-15(17)18-13-7-2-3-8-14(13)19-16/h2-9H,10H2,1H3,(H2,17,18). The fourth-order valence-electron chi connectivity index (χ4n) is 2.05. The van der Waals surface area contributed by atoms with Gasteiger partial charge in [-0.15, -0.1) is 0 Å². The number of para-hydroxylation sites is 2. The van der Waals surface area contributed by atoms with Crippen LogP contribution in [-0.2, 0) is 11.3 Å². The van der Waals surface area contributed by atoms with E-state index in [2.05, 4.69) is 9.97 Å². The van der Waals surface area contributed by atoms with Gasteiger partial charge in [-0.3, -0.25) is 0 Å². The molecule has 21 heavy (non-hydrogen) atoms. The number of methoxy groups -OCH3 is 1. The molecule has 0 radical (unpaired) electrons. The molecule has 0 spiro atoms. The van der Waals surface area contributed by atoms with Crippen molar-refractivity contribution >= 4 is 16.9 Å². The van der Waals surface area contributed by atoms with Gasteiger partial charge in [0, 0.05) is 7.11 Å². The normalized spacial score (nSPS) is 10.7. The quantitative estimate of drug-likeness (QED) is 0.795. The van der Waals surface area contributed by atoms with Gasteiger partial charge < -0.3 is 15.2 Å². The number of nitrogen functional groups attached to an aromatic ring is 1. The van der Waals surface area contributed by atoms with Gasteiger partial charge in [0.05, 0.1) is 17.6 Å². The summed E-state index contributed by atoms with van der Waals surface area (Å²) in [6, 6.07) is 15.1. The molecule has 0 saturated heterocycles. The van der Waals surface area contributed by atoms with Crippen LogP contribution in [-0.4, -0.2) is 17.1 Å². The second-order valence-corrected chi connectivity index (χ2v) is 4.59. The lowest BCUT2D eigenvalue weighted by Crippen LogP contribution is -1.99. The maximum absolute atomic E-state index is 5.91. The van der Waals surface area contributed by atoms with Gasteiger partial charge in [-0.2, -0.15) is 0 Å². The summed E-state index contributed by atoms with van der Waals surface area (Å²) < 4.78 is 10.9. The van der Waals surface area contributed by atoms with Crippen LogP contribution in [0.15, 0.2) is 48.5 Å². The van der Waals surface area contributed by atoms with Gasteiger partial charge in [0.1, 0.15) is 5.75 Å². The monoisotopic (exact) mass is 281 g/mol. The first-order valence-corrected chi connectivity index (χ1v) is 6.54. The van der Waals surface area contributed by atoms with Crippen LogP contribution in [0.4, 0.5) is 5.82 Å². The van der Waals surface area contributed by atoms with E-state index < -0.39 is 0 Å². The van der Waals surface area contributed by atoms with E-state index in [0.29, 0.717) is 18.2 Å². The molecule has 0 amide bonds. The molecule has 0 saturated carbocycles. The maximum Gasteiger partial charge on any atom is 0.263 e. The van der Waals surface area contributed by atoms with E-state index >= 15 is 0 Å². The van der Waals surface area contributed by atoms with E-state index in [1.165, 1.54) is 0 Å². The Labute approximate surface area is 122 Å². The molecular weight excluding hydrogens is 266 g/mol. The molecule has 0 aliphatic rings. The molecule has 0 fully saturated rings. The zero-order chi connectivity index (χ0) is 14.7. The maximum atomic E-state index is 5.91. The van der Waals surface area contributed by atoms with Gasteiger partial charge in [0.25, 0.3) is 5.88 Å². The number of hydrogen-bond donors (Lipinski definition) is 1. The molecular formula is C16H15N3O2. The highest BCUT2D eigenvalue weighted by Gasteiger charge is 2.08. The highest BCUT2D eigenvalue weighted by molar-refractivity contribution is 5.76. The molecule has 3 rings (SSSR count). The molecule has 0 unspecified atom stereocenters. The molecule has 5 heteroatoms. The fraction of sp³-hybridized carbons (Fsp3) is 0.125. The molecule has 0 aliphatic carbocycles. The number of nitrogens with two attached hydrogens (primary N) is 1. The Morgan fingerprint density at radius 3 is 2.52 bits per heavy atom. The summed E-state index contributed by atoms with van der Waals surface area (Å²) in [5.41, 5.74) is 8.41. The second-order valence-electron chi connectivity index (χ2n) is 4.59. The predicted molar refractivity (Wildman–Crippen MR) is 81.2 cm³/mol. The van der Waals surface area contributed by atoms with Crippen molar-refractivity contribution in [3.05, 3.63) is 54.1 Å². The molecule has 5 nitrogen and oxygen atoms in total. The summed E-state index contributed by atoms with van der Waals surface area (Å²) in [5.74, 6) is 1.23. The van der Waals surface area contributed by atoms with Crippen LogP contribution in [0.3, 0.4) is 0 Å². The number of benzene rings is 2. The van der Waals surface area contributed by atoms with Crippen LogP contribution in [0.2, 0.25) is 0 Å². The van der Waals surface area contributed by atoms with E-state index in [-0.39, 0.29) is 5.82 Å². The lowest BCUT2D eigenvalue weighted by atomic mass is 10.2. The zero-order valence-electron chi connectivity index (χ0n) is 11.6. The lowest BCUT2D eigenvalue weighted by Gasteiger charge is -2.09. The predicted octanol–water partition coefficient (Wildman–Crippen LogP) is 3.15. The minimum absolute atomic E-state index is 0.269. The summed E-state index contributed by atoms with van der Waals surface area (Å²) >= 11 is 0. The third-order valence-corrected chi connectivity index (χ3v) is 2.99. The minimum Gasteiger partial charge on any atom is -0.436 e. The number of hydrogen-bond acceptors (Lipinski definition) is 5. The average molecular weight is 281 g/mol. The Kier molecular flexibility index (Phi) is 3.66. The largest absolute Gasteiger partial charge is 0.436 e. The first-order valence-electron chi connectivity index (χ1n) is 6.54. The highest BCUT2D eigenvalue weighted by atomic mass is 16.5. The molecule has 3 aromatic rings. The second kappa shape index (κ2) is 5.76. The molecule has 2 aromatic carbocycles. The van der Waals surface area contributed by atoms with Crippen molar-refractivity contribution in [3.8, 4) is 11.6 Å². The van der Waals surface area contributed by atoms with Crippen molar-refractivity contribution in [2.24, 2.45) is 0 Å². The molecule has 1 aromatic heterocycles. The van der Waals surface area contributed by atoms with Gasteiger partial charge in [0.15, 0.2) is 5.82 Å². The molecule has 0 atom stereocenters. The van der Waals surface area contributed by atoms with Crippen LogP contribution in [0.5, 0.6) is 11.6 Å². The molecule has 0 bridgehead atoms. The number of nitrogens with zero attached hydrogens (tertiary/aromatic N) is 2.